The van der Waals surface area contributed by atoms with E-state index < -0.39 is 23.5 Å². The van der Waals surface area contributed by atoms with Crippen LogP contribution < -0.4 is 9.47 Å². The van der Waals surface area contributed by atoms with E-state index in [1.807, 2.05) is 12.1 Å². The Morgan fingerprint density at radius 1 is 1.06 bits per heavy atom. The number of nitrogens with zero attached hydrogens (tertiary/aromatic N) is 1. The van der Waals surface area contributed by atoms with Gasteiger partial charge in [0.1, 0.15) is 23.3 Å². The monoisotopic (exact) mass is 507 g/mol. The molecule has 0 aliphatic carbocycles. The Labute approximate surface area is 211 Å². The van der Waals surface area contributed by atoms with E-state index >= 15 is 0 Å². The second-order valence-electron chi connectivity index (χ2n) is 8.36. The molecule has 1 aliphatic heterocycles. The molecule has 8 nitrogen and oxygen atoms in total. The number of amides is 1. The molecule has 0 saturated heterocycles. The second-order valence-corrected chi connectivity index (χ2v) is 8.80. The van der Waals surface area contributed by atoms with E-state index in [0.717, 1.165) is 5.56 Å². The number of fused-ring (bicyclic) bond motifs is 1. The van der Waals surface area contributed by atoms with Crippen molar-refractivity contribution >= 4 is 34.3 Å². The summed E-state index contributed by atoms with van der Waals surface area (Å²) in [6.45, 7) is 1.88. The minimum atomic E-state index is -0.959. The number of carbonyl (C=O) groups excluding carboxylic acids is 2. The zero-order valence-corrected chi connectivity index (χ0v) is 20.5. The molecule has 5 rings (SSSR count). The van der Waals surface area contributed by atoms with Gasteiger partial charge in [0, 0.05) is 23.0 Å². The normalized spacial score (nSPS) is 15.7. The molecular weight excluding hydrogens is 486 g/mol. The van der Waals surface area contributed by atoms with Gasteiger partial charge in [0.2, 0.25) is 5.78 Å². The third-order valence-electron chi connectivity index (χ3n) is 6.08. The fourth-order valence-electron chi connectivity index (χ4n) is 4.35. The van der Waals surface area contributed by atoms with Crippen molar-refractivity contribution in [3.8, 4) is 11.5 Å². The SMILES string of the molecule is COc1ccc(CN2C(=O)C(O)=C(C(=O)c3cc4cc(Cl)cc(OC)c4o3)C2c2ccc(C)o2)cc1. The zero-order chi connectivity index (χ0) is 25.6. The van der Waals surface area contributed by atoms with Gasteiger partial charge in [0.05, 0.1) is 19.8 Å². The van der Waals surface area contributed by atoms with Gasteiger partial charge >= 0.3 is 0 Å². The van der Waals surface area contributed by atoms with Crippen LogP contribution in [0, 0.1) is 6.92 Å². The highest BCUT2D eigenvalue weighted by atomic mass is 35.5. The smallest absolute Gasteiger partial charge is 0.290 e. The van der Waals surface area contributed by atoms with Crippen LogP contribution >= 0.6 is 11.6 Å². The lowest BCUT2D eigenvalue weighted by Crippen LogP contribution is -2.30. The molecule has 0 spiro atoms. The molecular formula is C27H22ClNO7. The Kier molecular flexibility index (Phi) is 5.97. The number of ether oxygens (including phenoxy) is 2. The predicted octanol–water partition coefficient (Wildman–Crippen LogP) is 5.78. The number of hydrogen-bond donors (Lipinski definition) is 1. The number of hydrogen-bond acceptors (Lipinski definition) is 7. The van der Waals surface area contributed by atoms with Crippen molar-refractivity contribution < 1.29 is 33.0 Å². The fraction of sp³-hybridized carbons (Fsp3) is 0.185. The number of ketones is 1. The van der Waals surface area contributed by atoms with Crippen LogP contribution in [0.1, 0.15) is 33.7 Å². The Bertz CT molecular complexity index is 1510. The number of aryl methyl sites for hydroxylation is 1. The molecule has 1 unspecified atom stereocenters. The molecule has 1 aliphatic rings. The number of carbonyl (C=O) groups is 2. The summed E-state index contributed by atoms with van der Waals surface area (Å²) in [6.07, 6.45) is 0. The van der Waals surface area contributed by atoms with Crippen molar-refractivity contribution in [1.82, 2.24) is 4.90 Å². The van der Waals surface area contributed by atoms with Crippen LogP contribution in [0.2, 0.25) is 5.02 Å². The molecule has 3 heterocycles. The Morgan fingerprint density at radius 3 is 2.44 bits per heavy atom. The molecule has 1 atom stereocenters. The predicted molar refractivity (Wildman–Crippen MR) is 131 cm³/mol. The molecule has 184 valence electrons. The third-order valence-corrected chi connectivity index (χ3v) is 6.30. The number of halogens is 1. The van der Waals surface area contributed by atoms with Gasteiger partial charge in [-0.1, -0.05) is 23.7 Å². The summed E-state index contributed by atoms with van der Waals surface area (Å²) in [5.74, 6) is -0.0887. The quantitative estimate of drug-likeness (QED) is 0.316. The molecule has 0 fully saturated rings. The summed E-state index contributed by atoms with van der Waals surface area (Å²) < 4.78 is 22.2. The van der Waals surface area contributed by atoms with Gasteiger partial charge < -0.3 is 28.3 Å². The van der Waals surface area contributed by atoms with Crippen molar-refractivity contribution in [3.05, 3.63) is 93.8 Å². The van der Waals surface area contributed by atoms with Crippen LogP contribution in [0.15, 0.2) is 74.8 Å². The average molecular weight is 508 g/mol. The summed E-state index contributed by atoms with van der Waals surface area (Å²) in [4.78, 5) is 28.3. The van der Waals surface area contributed by atoms with E-state index in [1.165, 1.54) is 18.1 Å². The van der Waals surface area contributed by atoms with Crippen LogP contribution in [0.25, 0.3) is 11.0 Å². The number of benzene rings is 2. The summed E-state index contributed by atoms with van der Waals surface area (Å²) in [7, 11) is 3.03. The van der Waals surface area contributed by atoms with E-state index in [-0.39, 0.29) is 17.9 Å². The summed E-state index contributed by atoms with van der Waals surface area (Å²) in [5.41, 5.74) is 0.976. The Balaban J connectivity index is 1.57. The highest BCUT2D eigenvalue weighted by molar-refractivity contribution is 6.31. The number of aliphatic hydroxyl groups excluding tert-OH is 1. The standard InChI is InChI=1S/C27H22ClNO7/c1-14-4-9-19(35-14)23-22(24(30)20-11-16-10-17(28)12-21(34-3)26(16)36-20)25(31)27(32)29(23)13-15-5-7-18(33-2)8-6-15/h4-12,23,31H,13H2,1-3H3. The lowest BCUT2D eigenvalue weighted by Gasteiger charge is -2.25. The number of furan rings is 2. The molecule has 1 N–H and O–H groups in total. The number of aliphatic hydroxyl groups is 1. The van der Waals surface area contributed by atoms with Crippen LogP contribution in [-0.2, 0) is 11.3 Å². The number of rotatable bonds is 7. The summed E-state index contributed by atoms with van der Waals surface area (Å²) >= 11 is 6.15. The van der Waals surface area contributed by atoms with Crippen molar-refractivity contribution in [2.75, 3.05) is 14.2 Å². The van der Waals surface area contributed by atoms with Crippen molar-refractivity contribution in [2.24, 2.45) is 0 Å². The van der Waals surface area contributed by atoms with Gasteiger partial charge in [-0.15, -0.1) is 0 Å². The Hall–Kier alpha value is -4.17. The van der Waals surface area contributed by atoms with E-state index in [9.17, 15) is 14.7 Å². The maximum Gasteiger partial charge on any atom is 0.290 e. The second kappa shape index (κ2) is 9.13. The van der Waals surface area contributed by atoms with Crippen molar-refractivity contribution in [3.63, 3.8) is 0 Å². The molecule has 2 aromatic heterocycles. The number of Topliss-reactive ketones (excluding diaryl/α,β-unsaturated/α-hetero) is 1. The van der Waals surface area contributed by atoms with Crippen LogP contribution in [0.3, 0.4) is 0 Å². The first-order chi connectivity index (χ1) is 17.3. The molecule has 36 heavy (non-hydrogen) atoms. The summed E-state index contributed by atoms with van der Waals surface area (Å²) in [5, 5.41) is 11.9. The first-order valence-corrected chi connectivity index (χ1v) is 11.4. The Morgan fingerprint density at radius 2 is 1.81 bits per heavy atom. The van der Waals surface area contributed by atoms with Crippen LogP contribution in [-0.4, -0.2) is 35.9 Å². The van der Waals surface area contributed by atoms with E-state index in [4.69, 9.17) is 29.9 Å². The molecule has 0 bridgehead atoms. The van der Waals surface area contributed by atoms with Gasteiger partial charge in [-0.25, -0.2) is 0 Å². The third kappa shape index (κ3) is 3.99. The maximum absolute atomic E-state index is 13.7. The highest BCUT2D eigenvalue weighted by Gasteiger charge is 2.46. The van der Waals surface area contributed by atoms with Gasteiger partial charge in [-0.3, -0.25) is 9.59 Å². The first kappa shape index (κ1) is 23.6. The van der Waals surface area contributed by atoms with E-state index in [2.05, 4.69) is 0 Å². The lowest BCUT2D eigenvalue weighted by molar-refractivity contribution is -0.130. The number of methoxy groups -OCH3 is 2. The lowest BCUT2D eigenvalue weighted by atomic mass is 9.99. The largest absolute Gasteiger partial charge is 0.503 e. The van der Waals surface area contributed by atoms with Gasteiger partial charge in [0.25, 0.3) is 5.91 Å². The zero-order valence-electron chi connectivity index (χ0n) is 19.7. The minimum absolute atomic E-state index is 0.0699. The van der Waals surface area contributed by atoms with E-state index in [1.54, 1.807) is 50.4 Å². The molecule has 9 heteroatoms. The maximum atomic E-state index is 13.7. The van der Waals surface area contributed by atoms with Crippen molar-refractivity contribution in [1.29, 1.82) is 0 Å². The average Bonchev–Trinajstić information content (AvgIpc) is 3.56. The molecule has 0 saturated carbocycles. The van der Waals surface area contributed by atoms with Gasteiger partial charge in [-0.05, 0) is 48.9 Å². The van der Waals surface area contributed by atoms with Gasteiger partial charge in [-0.2, -0.15) is 0 Å². The van der Waals surface area contributed by atoms with Gasteiger partial charge in [0.15, 0.2) is 22.9 Å². The molecule has 0 radical (unpaired) electrons. The fourth-order valence-corrected chi connectivity index (χ4v) is 4.57. The summed E-state index contributed by atoms with van der Waals surface area (Å²) in [6, 6.07) is 14.3. The van der Waals surface area contributed by atoms with E-state index in [0.29, 0.717) is 39.0 Å². The molecule has 1 amide bonds. The topological polar surface area (TPSA) is 102 Å². The molecule has 4 aromatic rings. The highest BCUT2D eigenvalue weighted by Crippen LogP contribution is 2.42. The minimum Gasteiger partial charge on any atom is -0.503 e. The van der Waals surface area contributed by atoms with Crippen molar-refractivity contribution in [2.45, 2.75) is 19.5 Å². The van der Waals surface area contributed by atoms with Crippen LogP contribution in [0.5, 0.6) is 11.5 Å². The first-order valence-electron chi connectivity index (χ1n) is 11.1. The molecule has 2 aromatic carbocycles. The van der Waals surface area contributed by atoms with Crippen LogP contribution in [0.4, 0.5) is 0 Å².